The molecule has 154 valence electrons. The van der Waals surface area contributed by atoms with Crippen molar-refractivity contribution < 1.29 is 9.59 Å². The van der Waals surface area contributed by atoms with Crippen molar-refractivity contribution in [1.82, 2.24) is 19.6 Å². The van der Waals surface area contributed by atoms with Crippen LogP contribution in [-0.4, -0.2) is 57.6 Å². The average molecular weight is 435 g/mol. The van der Waals surface area contributed by atoms with Gasteiger partial charge in [0, 0.05) is 54.3 Å². The number of benzene rings is 1. The summed E-state index contributed by atoms with van der Waals surface area (Å²) < 4.78 is 1.29. The topological polar surface area (TPSA) is 58.4 Å². The van der Waals surface area contributed by atoms with E-state index in [4.69, 9.17) is 23.2 Å². The Morgan fingerprint density at radius 1 is 1.10 bits per heavy atom. The van der Waals surface area contributed by atoms with Gasteiger partial charge in [-0.2, -0.15) is 9.78 Å². The summed E-state index contributed by atoms with van der Waals surface area (Å²) in [5.74, 6) is -0.0537. The lowest BCUT2D eigenvalue weighted by Crippen LogP contribution is -2.36. The van der Waals surface area contributed by atoms with E-state index in [1.54, 1.807) is 25.3 Å². The number of amides is 1. The first-order valence-electron chi connectivity index (χ1n) is 9.93. The van der Waals surface area contributed by atoms with E-state index in [0.717, 1.165) is 44.6 Å². The predicted octanol–water partition coefficient (Wildman–Crippen LogP) is 4.35. The van der Waals surface area contributed by atoms with E-state index < -0.39 is 0 Å². The molecule has 1 amide bonds. The summed E-state index contributed by atoms with van der Waals surface area (Å²) in [7, 11) is 0. The van der Waals surface area contributed by atoms with Crippen LogP contribution in [0.3, 0.4) is 0 Å². The SMILES string of the molecule is CCC(=O)c1ccn(C(=O)N2CCC3(CCN(Cc4cc(Cl)cc(Cl)c4)C3)C2)n1. The number of hydrogen-bond acceptors (Lipinski definition) is 4. The van der Waals surface area contributed by atoms with Crippen LogP contribution in [0.25, 0.3) is 0 Å². The summed E-state index contributed by atoms with van der Waals surface area (Å²) in [5, 5.41) is 5.47. The van der Waals surface area contributed by atoms with Crippen molar-refractivity contribution in [3.8, 4) is 0 Å². The number of Topliss-reactive ketones (excluding diaryl/α,β-unsaturated/α-hetero) is 1. The third-order valence-electron chi connectivity index (χ3n) is 5.95. The molecule has 1 unspecified atom stereocenters. The van der Waals surface area contributed by atoms with Crippen LogP contribution >= 0.6 is 23.2 Å². The highest BCUT2D eigenvalue weighted by molar-refractivity contribution is 6.34. The van der Waals surface area contributed by atoms with Crippen LogP contribution in [0.5, 0.6) is 0 Å². The number of halogens is 2. The third kappa shape index (κ3) is 4.34. The Kier molecular flexibility index (Phi) is 5.69. The molecule has 1 spiro atoms. The summed E-state index contributed by atoms with van der Waals surface area (Å²) in [4.78, 5) is 28.9. The molecule has 3 heterocycles. The first-order chi connectivity index (χ1) is 13.9. The molecule has 1 atom stereocenters. The summed E-state index contributed by atoms with van der Waals surface area (Å²) in [6.45, 7) is 5.96. The molecule has 0 radical (unpaired) electrons. The number of carbonyl (C=O) groups is 2. The van der Waals surface area contributed by atoms with Crippen molar-refractivity contribution in [3.63, 3.8) is 0 Å². The zero-order valence-corrected chi connectivity index (χ0v) is 17.9. The number of hydrogen-bond donors (Lipinski definition) is 0. The molecule has 2 fully saturated rings. The molecule has 1 aromatic heterocycles. The minimum absolute atomic E-state index is 0.0537. The van der Waals surface area contributed by atoms with E-state index in [-0.39, 0.29) is 17.2 Å². The molecule has 1 aromatic carbocycles. The maximum Gasteiger partial charge on any atom is 0.344 e. The number of ketones is 1. The molecule has 2 aliphatic heterocycles. The van der Waals surface area contributed by atoms with Crippen LogP contribution < -0.4 is 0 Å². The summed E-state index contributed by atoms with van der Waals surface area (Å²) in [6.07, 6.45) is 4.00. The highest BCUT2D eigenvalue weighted by Crippen LogP contribution is 2.40. The lowest BCUT2D eigenvalue weighted by Gasteiger charge is -2.24. The molecule has 29 heavy (non-hydrogen) atoms. The van der Waals surface area contributed by atoms with Crippen molar-refractivity contribution in [3.05, 3.63) is 51.8 Å². The quantitative estimate of drug-likeness (QED) is 0.671. The third-order valence-corrected chi connectivity index (χ3v) is 6.38. The number of likely N-dealkylation sites (tertiary alicyclic amines) is 2. The van der Waals surface area contributed by atoms with E-state index in [0.29, 0.717) is 28.7 Å². The molecule has 2 aliphatic rings. The van der Waals surface area contributed by atoms with Crippen molar-refractivity contribution in [2.75, 3.05) is 26.2 Å². The van der Waals surface area contributed by atoms with Crippen LogP contribution in [0.15, 0.2) is 30.5 Å². The molecule has 2 aromatic rings. The minimum atomic E-state index is -0.155. The second-order valence-corrected chi connectivity index (χ2v) is 8.99. The molecule has 0 bridgehead atoms. The second kappa shape index (κ2) is 8.09. The van der Waals surface area contributed by atoms with E-state index in [1.165, 1.54) is 4.68 Å². The van der Waals surface area contributed by atoms with Crippen molar-refractivity contribution in [1.29, 1.82) is 0 Å². The largest absolute Gasteiger partial charge is 0.344 e. The fraction of sp³-hybridized carbons (Fsp3) is 0.476. The molecule has 0 N–H and O–H groups in total. The predicted molar refractivity (Wildman–Crippen MR) is 113 cm³/mol. The van der Waals surface area contributed by atoms with Crippen LogP contribution in [0.4, 0.5) is 4.79 Å². The molecule has 0 aliphatic carbocycles. The molecule has 0 saturated carbocycles. The van der Waals surface area contributed by atoms with Crippen molar-refractivity contribution >= 4 is 35.0 Å². The zero-order chi connectivity index (χ0) is 20.6. The van der Waals surface area contributed by atoms with Crippen LogP contribution in [0, 0.1) is 5.41 Å². The fourth-order valence-corrected chi connectivity index (χ4v) is 5.03. The number of aromatic nitrogens is 2. The standard InChI is InChI=1S/C21H24Cl2N4O2/c1-2-19(28)18-3-6-27(24-18)20(29)26-8-5-21(14-26)4-7-25(13-21)12-15-9-16(22)11-17(23)10-15/h3,6,9-11H,2,4-5,7-8,12-14H2,1H3. The normalized spacial score (nSPS) is 22.0. The fourth-order valence-electron chi connectivity index (χ4n) is 4.46. The molecular weight excluding hydrogens is 411 g/mol. The van der Waals surface area contributed by atoms with Gasteiger partial charge in [0.05, 0.1) is 0 Å². The Labute approximate surface area is 180 Å². The molecule has 6 nitrogen and oxygen atoms in total. The van der Waals surface area contributed by atoms with Crippen molar-refractivity contribution in [2.45, 2.75) is 32.7 Å². The van der Waals surface area contributed by atoms with Gasteiger partial charge in [0.2, 0.25) is 0 Å². The number of rotatable bonds is 4. The summed E-state index contributed by atoms with van der Waals surface area (Å²) >= 11 is 12.2. The van der Waals surface area contributed by atoms with Crippen LogP contribution in [0.2, 0.25) is 10.0 Å². The maximum atomic E-state index is 12.8. The van der Waals surface area contributed by atoms with Crippen LogP contribution in [-0.2, 0) is 6.54 Å². The van der Waals surface area contributed by atoms with Gasteiger partial charge in [-0.3, -0.25) is 9.69 Å². The average Bonchev–Trinajstić information content (AvgIpc) is 3.41. The van der Waals surface area contributed by atoms with Gasteiger partial charge in [-0.1, -0.05) is 30.1 Å². The lowest BCUT2D eigenvalue weighted by atomic mass is 9.86. The Morgan fingerprint density at radius 2 is 1.83 bits per heavy atom. The number of carbonyl (C=O) groups excluding carboxylic acids is 2. The van der Waals surface area contributed by atoms with Crippen LogP contribution in [0.1, 0.15) is 42.2 Å². The second-order valence-electron chi connectivity index (χ2n) is 8.11. The lowest BCUT2D eigenvalue weighted by molar-refractivity contribution is 0.0983. The molecular formula is C21H24Cl2N4O2. The Bertz CT molecular complexity index is 924. The van der Waals surface area contributed by atoms with Gasteiger partial charge >= 0.3 is 6.03 Å². The number of nitrogens with zero attached hydrogens (tertiary/aromatic N) is 4. The smallest absolute Gasteiger partial charge is 0.322 e. The molecule has 4 rings (SSSR count). The van der Waals surface area contributed by atoms with Gasteiger partial charge in [-0.25, -0.2) is 4.79 Å². The Balaban J connectivity index is 1.38. The van der Waals surface area contributed by atoms with Gasteiger partial charge in [-0.05, 0) is 49.2 Å². The highest BCUT2D eigenvalue weighted by atomic mass is 35.5. The molecule has 2 saturated heterocycles. The minimum Gasteiger partial charge on any atom is -0.322 e. The first-order valence-corrected chi connectivity index (χ1v) is 10.7. The van der Waals surface area contributed by atoms with Gasteiger partial charge in [0.15, 0.2) is 5.78 Å². The van der Waals surface area contributed by atoms with Gasteiger partial charge in [0.25, 0.3) is 0 Å². The van der Waals surface area contributed by atoms with E-state index in [9.17, 15) is 9.59 Å². The van der Waals surface area contributed by atoms with Gasteiger partial charge in [-0.15, -0.1) is 0 Å². The summed E-state index contributed by atoms with van der Waals surface area (Å²) in [6, 6.07) is 7.11. The summed E-state index contributed by atoms with van der Waals surface area (Å²) in [5.41, 5.74) is 1.57. The van der Waals surface area contributed by atoms with E-state index in [2.05, 4.69) is 10.00 Å². The monoisotopic (exact) mass is 434 g/mol. The molecule has 8 heteroatoms. The highest BCUT2D eigenvalue weighted by Gasteiger charge is 2.45. The maximum absolute atomic E-state index is 12.8. The first kappa shape index (κ1) is 20.4. The van der Waals surface area contributed by atoms with E-state index >= 15 is 0 Å². The van der Waals surface area contributed by atoms with Gasteiger partial charge < -0.3 is 4.90 Å². The zero-order valence-electron chi connectivity index (χ0n) is 16.4. The Hall–Kier alpha value is -1.89. The van der Waals surface area contributed by atoms with E-state index in [1.807, 2.05) is 17.0 Å². The van der Waals surface area contributed by atoms with Gasteiger partial charge in [0.1, 0.15) is 5.69 Å². The van der Waals surface area contributed by atoms with Crippen molar-refractivity contribution in [2.24, 2.45) is 5.41 Å². The Morgan fingerprint density at radius 3 is 2.55 bits per heavy atom.